The summed E-state index contributed by atoms with van der Waals surface area (Å²) in [7, 11) is 0. The second-order valence-electron chi connectivity index (χ2n) is 5.47. The highest BCUT2D eigenvalue weighted by atomic mass is 19.4. The van der Waals surface area contributed by atoms with Crippen LogP contribution in [0, 0.1) is 0 Å². The fourth-order valence-corrected chi connectivity index (χ4v) is 2.40. The van der Waals surface area contributed by atoms with E-state index < -0.39 is 18.2 Å². The largest absolute Gasteiger partial charge is 0.421 e. The second-order valence-corrected chi connectivity index (χ2v) is 5.47. The monoisotopic (exact) mass is 310 g/mol. The number of allylic oxidation sites excluding steroid dienone is 1. The Morgan fingerprint density at radius 3 is 2.41 bits per heavy atom. The van der Waals surface area contributed by atoms with Gasteiger partial charge >= 0.3 is 6.18 Å². The molecule has 5 heteroatoms. The van der Waals surface area contributed by atoms with E-state index in [4.69, 9.17) is 0 Å². The van der Waals surface area contributed by atoms with Crippen molar-refractivity contribution in [1.82, 2.24) is 0 Å². The van der Waals surface area contributed by atoms with E-state index in [1.165, 1.54) is 12.2 Å². The van der Waals surface area contributed by atoms with Crippen LogP contribution in [0.25, 0.3) is 6.08 Å². The van der Waals surface area contributed by atoms with Crippen LogP contribution in [0.5, 0.6) is 0 Å². The molecule has 0 saturated heterocycles. The molecule has 0 saturated carbocycles. The first kappa shape index (κ1) is 16.5. The Labute approximate surface area is 127 Å². The van der Waals surface area contributed by atoms with E-state index in [2.05, 4.69) is 0 Å². The fourth-order valence-electron chi connectivity index (χ4n) is 2.40. The van der Waals surface area contributed by atoms with Gasteiger partial charge in [0.25, 0.3) is 0 Å². The second kappa shape index (κ2) is 6.48. The predicted octanol–water partition coefficient (Wildman–Crippen LogP) is 4.06. The van der Waals surface area contributed by atoms with Gasteiger partial charge in [-0.3, -0.25) is 4.79 Å². The summed E-state index contributed by atoms with van der Waals surface area (Å²) in [5, 5.41) is 10.1. The van der Waals surface area contributed by atoms with Crippen molar-refractivity contribution in [3.63, 3.8) is 0 Å². The molecule has 1 aliphatic carbocycles. The molecule has 22 heavy (non-hydrogen) atoms. The van der Waals surface area contributed by atoms with Crippen LogP contribution in [-0.2, 0) is 4.79 Å². The Hall–Kier alpha value is -1.88. The molecular formula is C17H17F3O2. The minimum Gasteiger partial charge on any atom is -0.376 e. The lowest BCUT2D eigenvalue weighted by Crippen LogP contribution is -2.43. The summed E-state index contributed by atoms with van der Waals surface area (Å²) in [5.74, 6) is -0.183. The summed E-state index contributed by atoms with van der Waals surface area (Å²) in [5.41, 5.74) is -2.06. The molecule has 0 bridgehead atoms. The number of alkyl halides is 3. The number of rotatable bonds is 4. The van der Waals surface area contributed by atoms with Crippen LogP contribution in [-0.4, -0.2) is 22.7 Å². The van der Waals surface area contributed by atoms with E-state index in [9.17, 15) is 23.1 Å². The summed E-state index contributed by atoms with van der Waals surface area (Å²) in [4.78, 5) is 11.3. The third kappa shape index (κ3) is 4.07. The number of carbonyl (C=O) groups excluding carboxylic acids is 1. The Bertz CT molecular complexity index is 588. The van der Waals surface area contributed by atoms with Crippen molar-refractivity contribution in [2.45, 2.75) is 37.5 Å². The van der Waals surface area contributed by atoms with Crippen molar-refractivity contribution < 1.29 is 23.1 Å². The minimum atomic E-state index is -4.81. The Morgan fingerprint density at radius 2 is 1.82 bits per heavy atom. The van der Waals surface area contributed by atoms with Gasteiger partial charge in [0.1, 0.15) is 0 Å². The normalized spacial score (nSPS) is 19.1. The summed E-state index contributed by atoms with van der Waals surface area (Å²) >= 11 is 0. The Balaban J connectivity index is 2.25. The Morgan fingerprint density at radius 1 is 1.14 bits per heavy atom. The van der Waals surface area contributed by atoms with Gasteiger partial charge in [-0.1, -0.05) is 42.0 Å². The lowest BCUT2D eigenvalue weighted by atomic mass is 9.87. The summed E-state index contributed by atoms with van der Waals surface area (Å²) in [6.45, 7) is 0. The van der Waals surface area contributed by atoms with Gasteiger partial charge in [-0.05, 0) is 30.6 Å². The molecule has 0 spiro atoms. The molecule has 0 amide bonds. The maximum atomic E-state index is 13.2. The van der Waals surface area contributed by atoms with Crippen LogP contribution < -0.4 is 0 Å². The zero-order valence-corrected chi connectivity index (χ0v) is 11.9. The van der Waals surface area contributed by atoms with Crippen LogP contribution >= 0.6 is 0 Å². The van der Waals surface area contributed by atoms with E-state index in [0.717, 1.165) is 6.08 Å². The highest BCUT2D eigenvalue weighted by Crippen LogP contribution is 2.38. The molecule has 0 fully saturated rings. The quantitative estimate of drug-likeness (QED) is 0.910. The first-order valence-electron chi connectivity index (χ1n) is 7.06. The average molecular weight is 310 g/mol. The predicted molar refractivity (Wildman–Crippen MR) is 78.0 cm³/mol. The number of carbonyl (C=O) groups is 1. The van der Waals surface area contributed by atoms with Gasteiger partial charge in [-0.15, -0.1) is 0 Å². The number of aliphatic hydroxyl groups is 1. The minimum absolute atomic E-state index is 0.183. The van der Waals surface area contributed by atoms with Crippen LogP contribution in [0.1, 0.15) is 31.2 Å². The van der Waals surface area contributed by atoms with Gasteiger partial charge in [-0.2, -0.15) is 13.2 Å². The van der Waals surface area contributed by atoms with Crippen molar-refractivity contribution in [3.05, 3.63) is 53.6 Å². The molecule has 0 aliphatic heterocycles. The molecule has 0 heterocycles. The van der Waals surface area contributed by atoms with Crippen LogP contribution in [0.3, 0.4) is 0 Å². The molecule has 0 aromatic heterocycles. The zero-order valence-electron chi connectivity index (χ0n) is 11.9. The van der Waals surface area contributed by atoms with Gasteiger partial charge in [0.05, 0.1) is 0 Å². The smallest absolute Gasteiger partial charge is 0.376 e. The number of ketones is 1. The molecule has 1 aromatic carbocycles. The molecule has 1 aromatic rings. The fraction of sp³-hybridized carbons (Fsp3) is 0.353. The molecule has 2 nitrogen and oxygen atoms in total. The zero-order chi connectivity index (χ0) is 16.2. The van der Waals surface area contributed by atoms with Crippen LogP contribution in [0.2, 0.25) is 0 Å². The average Bonchev–Trinajstić information content (AvgIpc) is 2.45. The van der Waals surface area contributed by atoms with Gasteiger partial charge < -0.3 is 5.11 Å². The van der Waals surface area contributed by atoms with Gasteiger partial charge in [0.2, 0.25) is 0 Å². The van der Waals surface area contributed by atoms with Crippen LogP contribution in [0.4, 0.5) is 13.2 Å². The maximum Gasteiger partial charge on any atom is 0.421 e. The maximum absolute atomic E-state index is 13.2. The number of halogens is 3. The SMILES string of the molecule is O=C1C=C(C[C@@](O)(/C=C/c2ccccc2)C(F)(F)F)CCC1. The summed E-state index contributed by atoms with van der Waals surface area (Å²) < 4.78 is 39.7. The first-order chi connectivity index (χ1) is 10.3. The highest BCUT2D eigenvalue weighted by molar-refractivity contribution is 5.91. The number of hydrogen-bond acceptors (Lipinski definition) is 2. The molecule has 1 atom stereocenters. The van der Waals surface area contributed by atoms with Crippen molar-refractivity contribution in [1.29, 1.82) is 0 Å². The first-order valence-corrected chi connectivity index (χ1v) is 7.06. The van der Waals surface area contributed by atoms with E-state index in [1.807, 2.05) is 0 Å². The molecule has 1 N–H and O–H groups in total. The third-order valence-corrected chi connectivity index (χ3v) is 3.62. The standard InChI is InChI=1S/C17H17F3O2/c18-17(19,20)16(22,10-9-13-5-2-1-3-6-13)12-14-7-4-8-15(21)11-14/h1-3,5-6,9-11,22H,4,7-8,12H2/b10-9+/t16-/m0/s1. The van der Waals surface area contributed by atoms with E-state index >= 15 is 0 Å². The molecule has 1 aliphatic rings. The van der Waals surface area contributed by atoms with Crippen molar-refractivity contribution >= 4 is 11.9 Å². The van der Waals surface area contributed by atoms with Gasteiger partial charge in [-0.25, -0.2) is 0 Å². The van der Waals surface area contributed by atoms with Crippen LogP contribution in [0.15, 0.2) is 48.1 Å². The van der Waals surface area contributed by atoms with Crippen molar-refractivity contribution in [2.24, 2.45) is 0 Å². The molecule has 0 radical (unpaired) electrons. The Kier molecular flexibility index (Phi) is 4.86. The topological polar surface area (TPSA) is 37.3 Å². The van der Waals surface area contributed by atoms with E-state index in [-0.39, 0.29) is 5.78 Å². The highest BCUT2D eigenvalue weighted by Gasteiger charge is 2.52. The summed E-state index contributed by atoms with van der Waals surface area (Å²) in [6, 6.07) is 8.46. The molecule has 0 unspecified atom stereocenters. The lowest BCUT2D eigenvalue weighted by Gasteiger charge is -2.29. The third-order valence-electron chi connectivity index (χ3n) is 3.62. The van der Waals surface area contributed by atoms with Gasteiger partial charge in [0, 0.05) is 12.8 Å². The van der Waals surface area contributed by atoms with Crippen molar-refractivity contribution in [2.75, 3.05) is 0 Å². The van der Waals surface area contributed by atoms with Crippen molar-refractivity contribution in [3.8, 4) is 0 Å². The molecular weight excluding hydrogens is 293 g/mol. The van der Waals surface area contributed by atoms with E-state index in [1.54, 1.807) is 30.3 Å². The molecule has 2 rings (SSSR count). The molecule has 118 valence electrons. The van der Waals surface area contributed by atoms with E-state index in [0.29, 0.717) is 30.4 Å². The summed E-state index contributed by atoms with van der Waals surface area (Å²) in [6.07, 6.45) is -0.874. The van der Waals surface area contributed by atoms with Gasteiger partial charge in [0.15, 0.2) is 11.4 Å². The number of hydrogen-bond donors (Lipinski definition) is 1. The lowest BCUT2D eigenvalue weighted by molar-refractivity contribution is -0.238. The number of benzene rings is 1.